The summed E-state index contributed by atoms with van der Waals surface area (Å²) in [6.45, 7) is 3.42. The molecule has 1 aromatic rings. The van der Waals surface area contributed by atoms with Crippen LogP contribution < -0.4 is 5.32 Å². The van der Waals surface area contributed by atoms with E-state index in [-0.39, 0.29) is 18.1 Å². The van der Waals surface area contributed by atoms with E-state index >= 15 is 0 Å². The highest BCUT2D eigenvalue weighted by Gasteiger charge is 2.24. The van der Waals surface area contributed by atoms with E-state index in [2.05, 4.69) is 11.4 Å². The molecule has 0 saturated carbocycles. The van der Waals surface area contributed by atoms with E-state index in [0.29, 0.717) is 11.3 Å². The molecule has 0 bridgehead atoms. The van der Waals surface area contributed by atoms with Crippen LogP contribution in [-0.2, 0) is 9.53 Å². The van der Waals surface area contributed by atoms with Crippen molar-refractivity contribution in [1.29, 1.82) is 5.26 Å². The Morgan fingerprint density at radius 1 is 1.57 bits per heavy atom. The molecule has 0 aliphatic carbocycles. The zero-order chi connectivity index (χ0) is 15.2. The van der Waals surface area contributed by atoms with E-state index in [9.17, 15) is 4.79 Å². The molecule has 5 nitrogen and oxygen atoms in total. The SMILES string of the molecule is CC(C(=O)Nc1ccccc1C#N)N(C)CC1CCCO1. The van der Waals surface area contributed by atoms with Gasteiger partial charge in [0.15, 0.2) is 0 Å². The van der Waals surface area contributed by atoms with Crippen LogP contribution >= 0.6 is 0 Å². The van der Waals surface area contributed by atoms with Crippen LogP contribution in [0.2, 0.25) is 0 Å². The summed E-state index contributed by atoms with van der Waals surface area (Å²) < 4.78 is 5.59. The second kappa shape index (κ2) is 7.21. The zero-order valence-corrected chi connectivity index (χ0v) is 12.5. The average Bonchev–Trinajstić information content (AvgIpc) is 2.99. The number of para-hydroxylation sites is 1. The molecule has 0 radical (unpaired) electrons. The van der Waals surface area contributed by atoms with E-state index < -0.39 is 0 Å². The largest absolute Gasteiger partial charge is 0.377 e. The monoisotopic (exact) mass is 287 g/mol. The van der Waals surface area contributed by atoms with Crippen molar-refractivity contribution < 1.29 is 9.53 Å². The summed E-state index contributed by atoms with van der Waals surface area (Å²) in [5.74, 6) is -0.113. The first kappa shape index (κ1) is 15.5. The van der Waals surface area contributed by atoms with E-state index in [1.165, 1.54) is 0 Å². The Bertz CT molecular complexity index is 533. The van der Waals surface area contributed by atoms with Crippen LogP contribution in [0.1, 0.15) is 25.3 Å². The lowest BCUT2D eigenvalue weighted by Crippen LogP contribution is -2.43. The summed E-state index contributed by atoms with van der Waals surface area (Å²) in [7, 11) is 1.92. The average molecular weight is 287 g/mol. The number of nitriles is 1. The van der Waals surface area contributed by atoms with Gasteiger partial charge in [-0.25, -0.2) is 0 Å². The minimum atomic E-state index is -0.277. The van der Waals surface area contributed by atoms with Crippen molar-refractivity contribution in [3.8, 4) is 6.07 Å². The van der Waals surface area contributed by atoms with Crippen molar-refractivity contribution in [2.45, 2.75) is 31.9 Å². The molecule has 1 amide bonds. The quantitative estimate of drug-likeness (QED) is 0.899. The smallest absolute Gasteiger partial charge is 0.241 e. The molecule has 5 heteroatoms. The molecule has 1 aliphatic heterocycles. The van der Waals surface area contributed by atoms with Crippen molar-refractivity contribution in [2.75, 3.05) is 25.5 Å². The number of rotatable bonds is 5. The Hall–Kier alpha value is -1.90. The highest BCUT2D eigenvalue weighted by Crippen LogP contribution is 2.16. The molecular formula is C16H21N3O2. The summed E-state index contributed by atoms with van der Waals surface area (Å²) in [6.07, 6.45) is 2.36. The third-order valence-electron chi connectivity index (χ3n) is 3.86. The van der Waals surface area contributed by atoms with Gasteiger partial charge in [0.2, 0.25) is 5.91 Å². The van der Waals surface area contributed by atoms with Gasteiger partial charge in [-0.1, -0.05) is 12.1 Å². The third kappa shape index (κ3) is 4.03. The number of anilines is 1. The molecule has 21 heavy (non-hydrogen) atoms. The molecule has 1 heterocycles. The summed E-state index contributed by atoms with van der Waals surface area (Å²) in [5.41, 5.74) is 1.03. The standard InChI is InChI=1S/C16H21N3O2/c1-12(19(2)11-14-7-5-9-21-14)16(20)18-15-8-4-3-6-13(15)10-17/h3-4,6,8,12,14H,5,7,9,11H2,1-2H3,(H,18,20). The molecule has 1 aromatic carbocycles. The number of hydrogen-bond donors (Lipinski definition) is 1. The topological polar surface area (TPSA) is 65.4 Å². The van der Waals surface area contributed by atoms with Crippen LogP contribution in [0.25, 0.3) is 0 Å². The Kier molecular flexibility index (Phi) is 5.32. The Balaban J connectivity index is 1.94. The molecule has 0 spiro atoms. The number of nitrogens with one attached hydrogen (secondary N) is 1. The van der Waals surface area contributed by atoms with Gasteiger partial charge in [0.1, 0.15) is 6.07 Å². The van der Waals surface area contributed by atoms with Crippen LogP contribution in [0.5, 0.6) is 0 Å². The molecule has 1 N–H and O–H groups in total. The first-order chi connectivity index (χ1) is 10.1. The van der Waals surface area contributed by atoms with Crippen molar-refractivity contribution in [3.05, 3.63) is 29.8 Å². The highest BCUT2D eigenvalue weighted by atomic mass is 16.5. The minimum Gasteiger partial charge on any atom is -0.377 e. The van der Waals surface area contributed by atoms with Crippen LogP contribution in [0.4, 0.5) is 5.69 Å². The fraction of sp³-hybridized carbons (Fsp3) is 0.500. The fourth-order valence-electron chi connectivity index (χ4n) is 2.39. The normalized spacial score (nSPS) is 19.2. The van der Waals surface area contributed by atoms with Gasteiger partial charge in [-0.15, -0.1) is 0 Å². The lowest BCUT2D eigenvalue weighted by Gasteiger charge is -2.26. The van der Waals surface area contributed by atoms with Crippen LogP contribution in [-0.4, -0.2) is 43.2 Å². The Labute approximate surface area is 125 Å². The molecule has 0 aromatic heterocycles. The molecule has 1 fully saturated rings. The molecular weight excluding hydrogens is 266 g/mol. The maximum Gasteiger partial charge on any atom is 0.241 e. The number of carbonyl (C=O) groups excluding carboxylic acids is 1. The van der Waals surface area contributed by atoms with Gasteiger partial charge in [-0.2, -0.15) is 5.26 Å². The summed E-state index contributed by atoms with van der Waals surface area (Å²) in [6, 6.07) is 8.81. The summed E-state index contributed by atoms with van der Waals surface area (Å²) >= 11 is 0. The van der Waals surface area contributed by atoms with Gasteiger partial charge in [-0.3, -0.25) is 9.69 Å². The first-order valence-electron chi connectivity index (χ1n) is 7.23. The second-order valence-corrected chi connectivity index (χ2v) is 5.40. The van der Waals surface area contributed by atoms with Gasteiger partial charge < -0.3 is 10.1 Å². The first-order valence-corrected chi connectivity index (χ1v) is 7.23. The van der Waals surface area contributed by atoms with Gasteiger partial charge in [-0.05, 0) is 38.9 Å². The number of amides is 1. The fourth-order valence-corrected chi connectivity index (χ4v) is 2.39. The van der Waals surface area contributed by atoms with Crippen LogP contribution in [0.15, 0.2) is 24.3 Å². The highest BCUT2D eigenvalue weighted by molar-refractivity contribution is 5.95. The maximum absolute atomic E-state index is 12.3. The van der Waals surface area contributed by atoms with Crippen LogP contribution in [0.3, 0.4) is 0 Å². The van der Waals surface area contributed by atoms with E-state index in [1.807, 2.05) is 18.9 Å². The number of carbonyl (C=O) groups is 1. The van der Waals surface area contributed by atoms with Crippen molar-refractivity contribution in [3.63, 3.8) is 0 Å². The molecule has 1 saturated heterocycles. The molecule has 2 atom stereocenters. The van der Waals surface area contributed by atoms with E-state index in [1.54, 1.807) is 24.3 Å². The van der Waals surface area contributed by atoms with Gasteiger partial charge in [0, 0.05) is 13.2 Å². The van der Waals surface area contributed by atoms with Crippen molar-refractivity contribution in [2.24, 2.45) is 0 Å². The maximum atomic E-state index is 12.3. The lowest BCUT2D eigenvalue weighted by molar-refractivity contribution is -0.120. The molecule has 1 aliphatic rings. The number of nitrogens with zero attached hydrogens (tertiary/aromatic N) is 2. The zero-order valence-electron chi connectivity index (χ0n) is 12.5. The number of hydrogen-bond acceptors (Lipinski definition) is 4. The van der Waals surface area contributed by atoms with E-state index in [0.717, 1.165) is 26.0 Å². The Morgan fingerprint density at radius 2 is 2.33 bits per heavy atom. The van der Waals surface area contributed by atoms with Crippen molar-refractivity contribution >= 4 is 11.6 Å². The molecule has 2 rings (SSSR count). The Morgan fingerprint density at radius 3 is 3.00 bits per heavy atom. The summed E-state index contributed by atoms with van der Waals surface area (Å²) in [4.78, 5) is 14.3. The van der Waals surface area contributed by atoms with E-state index in [4.69, 9.17) is 10.00 Å². The lowest BCUT2D eigenvalue weighted by atomic mass is 10.1. The summed E-state index contributed by atoms with van der Waals surface area (Å²) in [5, 5.41) is 11.9. The molecule has 2 unspecified atom stereocenters. The van der Waals surface area contributed by atoms with Gasteiger partial charge in [0.25, 0.3) is 0 Å². The molecule has 112 valence electrons. The number of benzene rings is 1. The predicted molar refractivity (Wildman–Crippen MR) is 80.9 cm³/mol. The third-order valence-corrected chi connectivity index (χ3v) is 3.86. The number of ether oxygens (including phenoxy) is 1. The van der Waals surface area contributed by atoms with Crippen molar-refractivity contribution in [1.82, 2.24) is 4.90 Å². The number of likely N-dealkylation sites (N-methyl/N-ethyl adjacent to an activating group) is 1. The van der Waals surface area contributed by atoms with Gasteiger partial charge in [0.05, 0.1) is 23.4 Å². The second-order valence-electron chi connectivity index (χ2n) is 5.40. The van der Waals surface area contributed by atoms with Crippen LogP contribution in [0, 0.1) is 11.3 Å². The van der Waals surface area contributed by atoms with Gasteiger partial charge >= 0.3 is 0 Å². The minimum absolute atomic E-state index is 0.113. The predicted octanol–water partition coefficient (Wildman–Crippen LogP) is 2.00.